The second-order valence-corrected chi connectivity index (χ2v) is 5.49. The third-order valence-corrected chi connectivity index (χ3v) is 3.76. The summed E-state index contributed by atoms with van der Waals surface area (Å²) in [6, 6.07) is 7.95. The van der Waals surface area contributed by atoms with Crippen LogP contribution >= 0.6 is 0 Å². The topological polar surface area (TPSA) is 34.9 Å². The zero-order valence-electron chi connectivity index (χ0n) is 12.8. The maximum atomic E-state index is 12.1. The molecule has 0 aliphatic carbocycles. The molecule has 0 saturated heterocycles. The number of aryl methyl sites for hydroxylation is 1. The highest BCUT2D eigenvalue weighted by Gasteiger charge is 2.07. The van der Waals surface area contributed by atoms with Crippen molar-refractivity contribution < 1.29 is 4.79 Å². The van der Waals surface area contributed by atoms with Crippen LogP contribution in [0.25, 0.3) is 0 Å². The molecular formula is C18H24N2O. The van der Waals surface area contributed by atoms with E-state index in [1.807, 2.05) is 12.1 Å². The summed E-state index contributed by atoms with van der Waals surface area (Å²) in [6.45, 7) is 2.24. The van der Waals surface area contributed by atoms with Crippen molar-refractivity contribution in [3.63, 3.8) is 0 Å². The maximum absolute atomic E-state index is 12.1. The van der Waals surface area contributed by atoms with Gasteiger partial charge in [-0.25, -0.2) is 4.98 Å². The predicted octanol–water partition coefficient (Wildman–Crippen LogP) is 4.47. The van der Waals surface area contributed by atoms with Crippen LogP contribution in [0.4, 0.5) is 0 Å². The Labute approximate surface area is 127 Å². The molecule has 2 rings (SSSR count). The van der Waals surface area contributed by atoms with Gasteiger partial charge < -0.3 is 0 Å². The van der Waals surface area contributed by atoms with Crippen LogP contribution in [0.5, 0.6) is 0 Å². The second-order valence-electron chi connectivity index (χ2n) is 5.49. The van der Waals surface area contributed by atoms with E-state index in [9.17, 15) is 4.79 Å². The van der Waals surface area contributed by atoms with E-state index in [0.717, 1.165) is 6.42 Å². The zero-order valence-corrected chi connectivity index (χ0v) is 12.8. The minimum absolute atomic E-state index is 0.0291. The van der Waals surface area contributed by atoms with Crippen LogP contribution in [0.1, 0.15) is 61.4 Å². The molecule has 21 heavy (non-hydrogen) atoms. The molecule has 0 aliphatic rings. The lowest BCUT2D eigenvalue weighted by atomic mass is 10.0. The standard InChI is InChI=1S/C18H24N2O/c1-2-3-4-5-6-7-8-16-9-11-17(12-10-16)18(21)20-14-13-19-15-20/h9-15H,2-8H2,1H3. The number of carbonyl (C=O) groups is 1. The minimum atomic E-state index is -0.0291. The fourth-order valence-electron chi connectivity index (χ4n) is 2.45. The summed E-state index contributed by atoms with van der Waals surface area (Å²) >= 11 is 0. The third-order valence-electron chi connectivity index (χ3n) is 3.76. The van der Waals surface area contributed by atoms with Gasteiger partial charge in [0, 0.05) is 18.0 Å². The van der Waals surface area contributed by atoms with Gasteiger partial charge in [0.2, 0.25) is 0 Å². The SMILES string of the molecule is CCCCCCCCc1ccc(C(=O)n2ccnc2)cc1. The Bertz CT molecular complexity index is 529. The molecule has 0 N–H and O–H groups in total. The Balaban J connectivity index is 1.78. The van der Waals surface area contributed by atoms with Crippen LogP contribution in [0.3, 0.4) is 0 Å². The van der Waals surface area contributed by atoms with Gasteiger partial charge in [0.15, 0.2) is 0 Å². The predicted molar refractivity (Wildman–Crippen MR) is 85.5 cm³/mol. The van der Waals surface area contributed by atoms with Crippen LogP contribution in [-0.2, 0) is 6.42 Å². The van der Waals surface area contributed by atoms with Crippen LogP contribution in [0.15, 0.2) is 43.0 Å². The first-order chi connectivity index (χ1) is 10.3. The quantitative estimate of drug-likeness (QED) is 0.670. The molecule has 0 radical (unpaired) electrons. The molecule has 3 heteroatoms. The summed E-state index contributed by atoms with van der Waals surface area (Å²) in [5.41, 5.74) is 2.02. The highest BCUT2D eigenvalue weighted by atomic mass is 16.2. The van der Waals surface area contributed by atoms with Crippen molar-refractivity contribution in [1.82, 2.24) is 9.55 Å². The van der Waals surface area contributed by atoms with Crippen LogP contribution in [0.2, 0.25) is 0 Å². The molecule has 0 bridgehead atoms. The van der Waals surface area contributed by atoms with Gasteiger partial charge in [0.1, 0.15) is 6.33 Å². The normalized spacial score (nSPS) is 10.7. The van der Waals surface area contributed by atoms with Gasteiger partial charge >= 0.3 is 0 Å². The number of hydrogen-bond donors (Lipinski definition) is 0. The smallest absolute Gasteiger partial charge is 0.263 e. The first kappa shape index (κ1) is 15.5. The molecule has 0 unspecified atom stereocenters. The van der Waals surface area contributed by atoms with Gasteiger partial charge in [-0.1, -0.05) is 51.2 Å². The van der Waals surface area contributed by atoms with E-state index in [0.29, 0.717) is 5.56 Å². The van der Waals surface area contributed by atoms with Gasteiger partial charge in [-0.2, -0.15) is 0 Å². The Morgan fingerprint density at radius 3 is 2.43 bits per heavy atom. The van der Waals surface area contributed by atoms with Crippen LogP contribution in [-0.4, -0.2) is 15.5 Å². The lowest BCUT2D eigenvalue weighted by Crippen LogP contribution is -2.09. The van der Waals surface area contributed by atoms with Gasteiger partial charge in [-0.15, -0.1) is 0 Å². The number of unbranched alkanes of at least 4 members (excludes halogenated alkanes) is 5. The summed E-state index contributed by atoms with van der Waals surface area (Å²) in [7, 11) is 0. The molecule has 3 nitrogen and oxygen atoms in total. The van der Waals surface area contributed by atoms with Gasteiger partial charge in [0.25, 0.3) is 5.91 Å². The molecule has 0 aliphatic heterocycles. The first-order valence-corrected chi connectivity index (χ1v) is 7.93. The fourth-order valence-corrected chi connectivity index (χ4v) is 2.45. The average molecular weight is 284 g/mol. The van der Waals surface area contributed by atoms with Crippen molar-refractivity contribution in [2.24, 2.45) is 0 Å². The third kappa shape index (κ3) is 4.85. The Morgan fingerprint density at radius 1 is 1.05 bits per heavy atom. The molecule has 112 valence electrons. The Morgan fingerprint density at radius 2 is 1.76 bits per heavy atom. The number of nitrogens with zero attached hydrogens (tertiary/aromatic N) is 2. The maximum Gasteiger partial charge on any atom is 0.263 e. The molecule has 2 aromatic rings. The number of imidazole rings is 1. The molecule has 1 aromatic carbocycles. The van der Waals surface area contributed by atoms with E-state index < -0.39 is 0 Å². The Hall–Kier alpha value is -1.90. The van der Waals surface area contributed by atoms with E-state index in [-0.39, 0.29) is 5.91 Å². The molecule has 1 aromatic heterocycles. The number of benzene rings is 1. The molecule has 0 fully saturated rings. The van der Waals surface area contributed by atoms with Crippen LogP contribution in [0, 0.1) is 0 Å². The van der Waals surface area contributed by atoms with E-state index in [4.69, 9.17) is 0 Å². The number of aromatic nitrogens is 2. The monoisotopic (exact) mass is 284 g/mol. The molecule has 1 heterocycles. The van der Waals surface area contributed by atoms with Crippen molar-refractivity contribution >= 4 is 5.91 Å². The minimum Gasteiger partial charge on any atom is -0.272 e. The molecular weight excluding hydrogens is 260 g/mol. The van der Waals surface area contributed by atoms with Crippen molar-refractivity contribution in [2.75, 3.05) is 0 Å². The number of hydrogen-bond acceptors (Lipinski definition) is 2. The number of rotatable bonds is 8. The van der Waals surface area contributed by atoms with Crippen LogP contribution < -0.4 is 0 Å². The zero-order chi connectivity index (χ0) is 14.9. The highest BCUT2D eigenvalue weighted by molar-refractivity contribution is 5.95. The van der Waals surface area contributed by atoms with Gasteiger partial charge in [-0.3, -0.25) is 9.36 Å². The summed E-state index contributed by atoms with van der Waals surface area (Å²) in [4.78, 5) is 16.0. The molecule has 0 saturated carbocycles. The highest BCUT2D eigenvalue weighted by Crippen LogP contribution is 2.12. The first-order valence-electron chi connectivity index (χ1n) is 7.93. The summed E-state index contributed by atoms with van der Waals surface area (Å²) in [5, 5.41) is 0. The Kier molecular flexibility index (Phi) is 6.20. The number of carbonyl (C=O) groups excluding carboxylic acids is 1. The van der Waals surface area contributed by atoms with Crippen molar-refractivity contribution in [1.29, 1.82) is 0 Å². The molecule has 0 atom stereocenters. The van der Waals surface area contributed by atoms with Crippen molar-refractivity contribution in [2.45, 2.75) is 51.9 Å². The largest absolute Gasteiger partial charge is 0.272 e. The van der Waals surface area contributed by atoms with E-state index in [1.54, 1.807) is 12.4 Å². The average Bonchev–Trinajstić information content (AvgIpc) is 3.05. The molecule has 0 spiro atoms. The van der Waals surface area contributed by atoms with Crippen molar-refractivity contribution in [3.05, 3.63) is 54.1 Å². The molecule has 0 amide bonds. The lowest BCUT2D eigenvalue weighted by molar-refractivity contribution is 0.0960. The van der Waals surface area contributed by atoms with E-state index >= 15 is 0 Å². The van der Waals surface area contributed by atoms with Crippen molar-refractivity contribution in [3.8, 4) is 0 Å². The fraction of sp³-hybridized carbons (Fsp3) is 0.444. The summed E-state index contributed by atoms with van der Waals surface area (Å²) in [5.74, 6) is -0.0291. The summed E-state index contributed by atoms with van der Waals surface area (Å²) in [6.07, 6.45) is 13.8. The lowest BCUT2D eigenvalue weighted by Gasteiger charge is -2.04. The van der Waals surface area contributed by atoms with E-state index in [1.165, 1.54) is 55.0 Å². The summed E-state index contributed by atoms with van der Waals surface area (Å²) < 4.78 is 1.50. The van der Waals surface area contributed by atoms with Gasteiger partial charge in [-0.05, 0) is 30.5 Å². The van der Waals surface area contributed by atoms with Gasteiger partial charge in [0.05, 0.1) is 0 Å². The van der Waals surface area contributed by atoms with E-state index in [2.05, 4.69) is 24.0 Å². The second kappa shape index (κ2) is 8.40.